The molecule has 1 amide bonds. The van der Waals surface area contributed by atoms with Crippen molar-refractivity contribution in [2.75, 3.05) is 5.73 Å². The van der Waals surface area contributed by atoms with Crippen LogP contribution in [0.5, 0.6) is 0 Å². The van der Waals surface area contributed by atoms with Crippen LogP contribution in [0.3, 0.4) is 0 Å². The fourth-order valence-electron chi connectivity index (χ4n) is 1.36. The van der Waals surface area contributed by atoms with Crippen molar-refractivity contribution >= 4 is 11.7 Å². The maximum absolute atomic E-state index is 11.8. The van der Waals surface area contributed by atoms with Crippen LogP contribution in [0.1, 0.15) is 44.0 Å². The highest BCUT2D eigenvalue weighted by atomic mass is 16.1. The molecule has 90 valence electrons. The molecular weight excluding hydrogens is 204 g/mol. The van der Waals surface area contributed by atoms with Gasteiger partial charge in [-0.1, -0.05) is 13.8 Å². The lowest BCUT2D eigenvalue weighted by Crippen LogP contribution is -2.32. The monoisotopic (exact) mass is 224 g/mol. The van der Waals surface area contributed by atoms with E-state index in [9.17, 15) is 4.79 Å². The van der Waals surface area contributed by atoms with Crippen molar-refractivity contribution in [3.05, 3.63) is 11.8 Å². The van der Waals surface area contributed by atoms with Crippen LogP contribution >= 0.6 is 0 Å². The number of nitrogens with zero attached hydrogens (tertiary/aromatic N) is 2. The average Bonchev–Trinajstić information content (AvgIpc) is 2.60. The Balaban J connectivity index is 2.75. The first kappa shape index (κ1) is 12.5. The van der Waals surface area contributed by atoms with E-state index in [4.69, 9.17) is 5.73 Å². The predicted octanol–water partition coefficient (Wildman–Crippen LogP) is 1.40. The quantitative estimate of drug-likeness (QED) is 0.794. The summed E-state index contributed by atoms with van der Waals surface area (Å²) in [4.78, 5) is 11.8. The van der Waals surface area contributed by atoms with Gasteiger partial charge in [0.15, 0.2) is 5.82 Å². The van der Waals surface area contributed by atoms with Crippen molar-refractivity contribution < 1.29 is 4.79 Å². The van der Waals surface area contributed by atoms with Crippen molar-refractivity contribution in [1.29, 1.82) is 0 Å². The van der Waals surface area contributed by atoms with Gasteiger partial charge in [-0.2, -0.15) is 5.10 Å². The second kappa shape index (κ2) is 5.53. The number of aryl methyl sites for hydroxylation is 1. The first-order valence-electron chi connectivity index (χ1n) is 5.72. The third-order valence-corrected chi connectivity index (χ3v) is 2.48. The Labute approximate surface area is 96.0 Å². The molecule has 1 aromatic heterocycles. The Morgan fingerprint density at radius 1 is 1.62 bits per heavy atom. The number of nitrogen functional groups attached to an aromatic ring is 1. The van der Waals surface area contributed by atoms with Crippen molar-refractivity contribution in [3.63, 3.8) is 0 Å². The zero-order valence-corrected chi connectivity index (χ0v) is 10.2. The number of anilines is 1. The number of aromatic nitrogens is 2. The fraction of sp³-hybridized carbons (Fsp3) is 0.636. The second-order valence-corrected chi connectivity index (χ2v) is 3.97. The number of hydrogen-bond acceptors (Lipinski definition) is 3. The van der Waals surface area contributed by atoms with Crippen molar-refractivity contribution in [2.24, 2.45) is 0 Å². The third kappa shape index (κ3) is 2.98. The number of amides is 1. The normalized spacial score (nSPS) is 12.4. The van der Waals surface area contributed by atoms with Crippen LogP contribution in [-0.2, 0) is 6.54 Å². The molecule has 0 bridgehead atoms. The summed E-state index contributed by atoms with van der Waals surface area (Å²) in [5, 5.41) is 6.96. The number of carbonyl (C=O) groups is 1. The Morgan fingerprint density at radius 3 is 2.88 bits per heavy atom. The Kier molecular flexibility index (Phi) is 4.34. The zero-order valence-electron chi connectivity index (χ0n) is 10.2. The smallest absolute Gasteiger partial charge is 0.256 e. The minimum Gasteiger partial charge on any atom is -0.382 e. The molecule has 5 heteroatoms. The van der Waals surface area contributed by atoms with Crippen molar-refractivity contribution in [2.45, 2.75) is 46.2 Å². The second-order valence-electron chi connectivity index (χ2n) is 3.97. The summed E-state index contributed by atoms with van der Waals surface area (Å²) in [5.74, 6) is 0.156. The molecular formula is C11H20N4O. The summed E-state index contributed by atoms with van der Waals surface area (Å²) in [5.41, 5.74) is 6.16. The van der Waals surface area contributed by atoms with Crippen LogP contribution < -0.4 is 11.1 Å². The first-order chi connectivity index (χ1) is 7.58. The van der Waals surface area contributed by atoms with Crippen molar-refractivity contribution in [3.8, 4) is 0 Å². The van der Waals surface area contributed by atoms with E-state index in [2.05, 4.69) is 17.3 Å². The zero-order chi connectivity index (χ0) is 12.1. The summed E-state index contributed by atoms with van der Waals surface area (Å²) in [6, 6.07) is 0.154. The molecule has 1 aromatic rings. The standard InChI is InChI=1S/C11H20N4O/c1-4-6-15-7-9(10(12)14-15)11(16)13-8(3)5-2/h7-8H,4-6H2,1-3H3,(H2,12,14)(H,13,16). The highest BCUT2D eigenvalue weighted by Crippen LogP contribution is 2.09. The van der Waals surface area contributed by atoms with Gasteiger partial charge in [0.2, 0.25) is 0 Å². The summed E-state index contributed by atoms with van der Waals surface area (Å²) in [7, 11) is 0. The molecule has 0 aliphatic rings. The SMILES string of the molecule is CCCn1cc(C(=O)NC(C)CC)c(N)n1. The minimum atomic E-state index is -0.144. The molecule has 3 N–H and O–H groups in total. The number of carbonyl (C=O) groups excluding carboxylic acids is 1. The number of nitrogens with one attached hydrogen (secondary N) is 1. The van der Waals surface area contributed by atoms with Crippen LogP contribution in [0.25, 0.3) is 0 Å². The van der Waals surface area contributed by atoms with E-state index >= 15 is 0 Å². The predicted molar refractivity (Wildman–Crippen MR) is 64.1 cm³/mol. The molecule has 0 saturated heterocycles. The molecule has 0 aromatic carbocycles. The van der Waals surface area contributed by atoms with Crippen LogP contribution in [0.4, 0.5) is 5.82 Å². The van der Waals surface area contributed by atoms with Gasteiger partial charge in [-0.15, -0.1) is 0 Å². The van der Waals surface area contributed by atoms with Gasteiger partial charge in [-0.25, -0.2) is 0 Å². The van der Waals surface area contributed by atoms with Crippen LogP contribution in [0.2, 0.25) is 0 Å². The Morgan fingerprint density at radius 2 is 2.31 bits per heavy atom. The van der Waals surface area contributed by atoms with E-state index < -0.39 is 0 Å². The van der Waals surface area contributed by atoms with E-state index in [1.54, 1.807) is 10.9 Å². The minimum absolute atomic E-state index is 0.144. The molecule has 1 rings (SSSR count). The molecule has 0 spiro atoms. The summed E-state index contributed by atoms with van der Waals surface area (Å²) >= 11 is 0. The summed E-state index contributed by atoms with van der Waals surface area (Å²) in [6.07, 6.45) is 3.57. The average molecular weight is 224 g/mol. The van der Waals surface area contributed by atoms with Gasteiger partial charge in [-0.3, -0.25) is 9.48 Å². The van der Waals surface area contributed by atoms with Crippen molar-refractivity contribution in [1.82, 2.24) is 15.1 Å². The highest BCUT2D eigenvalue weighted by Gasteiger charge is 2.15. The Hall–Kier alpha value is -1.52. The van der Waals surface area contributed by atoms with E-state index in [0.717, 1.165) is 19.4 Å². The first-order valence-corrected chi connectivity index (χ1v) is 5.72. The molecule has 0 radical (unpaired) electrons. The van der Waals surface area contributed by atoms with E-state index in [0.29, 0.717) is 11.4 Å². The van der Waals surface area contributed by atoms with Gasteiger partial charge in [0.1, 0.15) is 5.56 Å². The van der Waals surface area contributed by atoms with Crippen LogP contribution in [-0.4, -0.2) is 21.7 Å². The molecule has 5 nitrogen and oxygen atoms in total. The summed E-state index contributed by atoms with van der Waals surface area (Å²) in [6.45, 7) is 6.82. The largest absolute Gasteiger partial charge is 0.382 e. The van der Waals surface area contributed by atoms with Gasteiger partial charge < -0.3 is 11.1 Å². The molecule has 0 aliphatic heterocycles. The molecule has 0 aliphatic carbocycles. The topological polar surface area (TPSA) is 72.9 Å². The lowest BCUT2D eigenvalue weighted by atomic mass is 10.2. The molecule has 16 heavy (non-hydrogen) atoms. The lowest BCUT2D eigenvalue weighted by molar-refractivity contribution is 0.0940. The maximum atomic E-state index is 11.8. The molecule has 0 saturated carbocycles. The molecule has 0 fully saturated rings. The number of nitrogens with two attached hydrogens (primary N) is 1. The number of rotatable bonds is 5. The molecule has 1 atom stereocenters. The van der Waals surface area contributed by atoms with Gasteiger partial charge in [0.05, 0.1) is 0 Å². The van der Waals surface area contributed by atoms with Gasteiger partial charge in [0, 0.05) is 18.8 Å². The Bertz CT molecular complexity index is 359. The van der Waals surface area contributed by atoms with Gasteiger partial charge >= 0.3 is 0 Å². The lowest BCUT2D eigenvalue weighted by Gasteiger charge is -2.10. The molecule has 1 heterocycles. The van der Waals surface area contributed by atoms with Gasteiger partial charge in [0.25, 0.3) is 5.91 Å². The van der Waals surface area contributed by atoms with Gasteiger partial charge in [-0.05, 0) is 19.8 Å². The van der Waals surface area contributed by atoms with E-state index in [1.807, 2.05) is 13.8 Å². The summed E-state index contributed by atoms with van der Waals surface area (Å²) < 4.78 is 1.71. The van der Waals surface area contributed by atoms with E-state index in [1.165, 1.54) is 0 Å². The third-order valence-electron chi connectivity index (χ3n) is 2.48. The fourth-order valence-corrected chi connectivity index (χ4v) is 1.36. The number of hydrogen-bond donors (Lipinski definition) is 2. The van der Waals surface area contributed by atoms with Crippen LogP contribution in [0.15, 0.2) is 6.20 Å². The maximum Gasteiger partial charge on any atom is 0.256 e. The molecule has 1 unspecified atom stereocenters. The van der Waals surface area contributed by atoms with Crippen LogP contribution in [0, 0.1) is 0 Å². The highest BCUT2D eigenvalue weighted by molar-refractivity contribution is 5.98. The van der Waals surface area contributed by atoms with E-state index in [-0.39, 0.29) is 11.9 Å².